The van der Waals surface area contributed by atoms with Crippen LogP contribution in [-0.2, 0) is 10.8 Å². The fourth-order valence-corrected chi connectivity index (χ4v) is 16.7. The van der Waals surface area contributed by atoms with Crippen molar-refractivity contribution in [2.75, 3.05) is 0 Å². The number of rotatable bonds is 6. The van der Waals surface area contributed by atoms with E-state index in [2.05, 4.69) is 234 Å². The van der Waals surface area contributed by atoms with E-state index in [0.29, 0.717) is 0 Å². The van der Waals surface area contributed by atoms with E-state index in [9.17, 15) is 0 Å². The SMILES string of the molecule is CC1(C)c2ccccc2-c2ccc(C3=C(c4ccccc4)C(c4ccccc4)=C(c4ccc5c(c4)C(C)(C)c4ccccc4-5)[Si]3(c3ccccc3)c3ccccc3)cc21. The van der Waals surface area contributed by atoms with Gasteiger partial charge < -0.3 is 0 Å². The molecule has 11 rings (SSSR count). The molecule has 0 spiro atoms. The molecule has 1 heterocycles. The second kappa shape index (κ2) is 13.2. The van der Waals surface area contributed by atoms with E-state index in [-0.39, 0.29) is 10.8 Å². The van der Waals surface area contributed by atoms with Crippen LogP contribution in [0, 0.1) is 0 Å². The zero-order chi connectivity index (χ0) is 39.9. The van der Waals surface area contributed by atoms with E-state index >= 15 is 0 Å². The Labute approximate surface area is 349 Å². The molecule has 8 aromatic rings. The third-order valence-corrected chi connectivity index (χ3v) is 18.8. The summed E-state index contributed by atoms with van der Waals surface area (Å²) in [6, 6.07) is 78.6. The van der Waals surface area contributed by atoms with Crippen molar-refractivity contribution in [1.82, 2.24) is 0 Å². The summed E-state index contributed by atoms with van der Waals surface area (Å²) in [5.74, 6) is 0. The predicted octanol–water partition coefficient (Wildman–Crippen LogP) is 13.2. The van der Waals surface area contributed by atoms with E-state index in [4.69, 9.17) is 0 Å². The lowest BCUT2D eigenvalue weighted by Gasteiger charge is -2.37. The van der Waals surface area contributed by atoms with Gasteiger partial charge in [-0.2, -0.15) is 0 Å². The normalized spacial score (nSPS) is 16.4. The van der Waals surface area contributed by atoms with Gasteiger partial charge in [-0.05, 0) is 98.7 Å². The second-order valence-electron chi connectivity index (χ2n) is 17.6. The quantitative estimate of drug-likeness (QED) is 0.148. The molecule has 0 nitrogen and oxygen atoms in total. The zero-order valence-corrected chi connectivity index (χ0v) is 35.1. The minimum atomic E-state index is -3.18. The molecule has 0 saturated carbocycles. The Bertz CT molecular complexity index is 2790. The average Bonchev–Trinajstić information content (AvgIpc) is 3.83. The third-order valence-electron chi connectivity index (χ3n) is 13.8. The average molecular weight is 771 g/mol. The van der Waals surface area contributed by atoms with Crippen molar-refractivity contribution in [1.29, 1.82) is 0 Å². The molecule has 1 aliphatic heterocycles. The van der Waals surface area contributed by atoms with Crippen LogP contribution in [0.25, 0.3) is 43.8 Å². The molecule has 0 N–H and O–H groups in total. The topological polar surface area (TPSA) is 0 Å². The molecule has 1 heteroatoms. The summed E-state index contributed by atoms with van der Waals surface area (Å²) >= 11 is 0. The summed E-state index contributed by atoms with van der Waals surface area (Å²) in [6.45, 7) is 9.63. The lowest BCUT2D eigenvalue weighted by molar-refractivity contribution is 0.660. The van der Waals surface area contributed by atoms with Crippen LogP contribution >= 0.6 is 0 Å². The Hall–Kier alpha value is -6.54. The van der Waals surface area contributed by atoms with E-state index in [1.54, 1.807) is 0 Å². The van der Waals surface area contributed by atoms with Crippen molar-refractivity contribution in [3.05, 3.63) is 251 Å². The fraction of sp³-hybridized carbons (Fsp3) is 0.103. The highest BCUT2D eigenvalue weighted by atomic mass is 28.3. The largest absolute Gasteiger partial charge is 0.182 e. The maximum Gasteiger partial charge on any atom is 0.182 e. The molecule has 282 valence electrons. The van der Waals surface area contributed by atoms with Gasteiger partial charge in [0.15, 0.2) is 8.07 Å². The van der Waals surface area contributed by atoms with E-state index in [1.165, 1.54) is 98.7 Å². The number of benzene rings is 8. The maximum absolute atomic E-state index is 3.18. The van der Waals surface area contributed by atoms with Gasteiger partial charge in [0.1, 0.15) is 0 Å². The van der Waals surface area contributed by atoms with Crippen LogP contribution in [0.3, 0.4) is 0 Å². The van der Waals surface area contributed by atoms with Crippen molar-refractivity contribution in [2.45, 2.75) is 38.5 Å². The van der Waals surface area contributed by atoms with Gasteiger partial charge in [0.25, 0.3) is 0 Å². The van der Waals surface area contributed by atoms with E-state index in [0.717, 1.165) is 0 Å². The first-order valence-electron chi connectivity index (χ1n) is 21.0. The minimum Gasteiger partial charge on any atom is -0.0623 e. The van der Waals surface area contributed by atoms with Gasteiger partial charge in [-0.15, -0.1) is 0 Å². The lowest BCUT2D eigenvalue weighted by atomic mass is 9.81. The van der Waals surface area contributed by atoms with Crippen LogP contribution < -0.4 is 10.4 Å². The monoisotopic (exact) mass is 770 g/mol. The highest BCUT2D eigenvalue weighted by Gasteiger charge is 2.54. The first-order valence-corrected chi connectivity index (χ1v) is 23.0. The molecule has 0 radical (unpaired) electrons. The summed E-state index contributed by atoms with van der Waals surface area (Å²) in [5, 5.41) is 5.68. The standard InChI is InChI=1S/C58H46Si/c1-57(2)49-31-19-17-29-45(49)47-35-33-41(37-51(47)57)55-53(39-21-9-5-10-22-39)54(40-23-11-6-12-24-40)56(59(55,43-25-13-7-14-26-43)44-27-15-8-16-28-44)42-34-36-48-46-30-18-20-32-50(46)58(3,4)52(48)38-42/h5-38H,1-4H3. The van der Waals surface area contributed by atoms with Crippen LogP contribution in [0.5, 0.6) is 0 Å². The first-order chi connectivity index (χ1) is 28.8. The minimum absolute atomic E-state index is 0.142. The predicted molar refractivity (Wildman–Crippen MR) is 252 cm³/mol. The molecule has 0 amide bonds. The van der Waals surface area contributed by atoms with Crippen LogP contribution in [0.2, 0.25) is 0 Å². The van der Waals surface area contributed by atoms with Crippen LogP contribution in [0.4, 0.5) is 0 Å². The molecular formula is C58H46Si. The van der Waals surface area contributed by atoms with Crippen molar-refractivity contribution in [3.63, 3.8) is 0 Å². The molecule has 8 aromatic carbocycles. The second-order valence-corrected chi connectivity index (χ2v) is 21.2. The third kappa shape index (κ3) is 5.08. The summed E-state index contributed by atoms with van der Waals surface area (Å²) < 4.78 is 0. The van der Waals surface area contributed by atoms with Gasteiger partial charge in [0.05, 0.1) is 0 Å². The Balaban J connectivity index is 1.32. The molecule has 0 aromatic heterocycles. The maximum atomic E-state index is 2.58. The van der Waals surface area contributed by atoms with Crippen molar-refractivity contribution in [2.24, 2.45) is 0 Å². The highest BCUT2D eigenvalue weighted by molar-refractivity contribution is 7.29. The van der Waals surface area contributed by atoms with E-state index in [1.807, 2.05) is 0 Å². The van der Waals surface area contributed by atoms with Gasteiger partial charge in [0.2, 0.25) is 0 Å². The number of fused-ring (bicyclic) bond motifs is 6. The van der Waals surface area contributed by atoms with Gasteiger partial charge in [-0.3, -0.25) is 0 Å². The highest BCUT2D eigenvalue weighted by Crippen LogP contribution is 2.58. The summed E-state index contributed by atoms with van der Waals surface area (Å²) in [4.78, 5) is 0. The van der Waals surface area contributed by atoms with E-state index < -0.39 is 8.07 Å². The Kier molecular flexibility index (Phi) is 7.99. The Morgan fingerprint density at radius 2 is 0.610 bits per heavy atom. The molecule has 0 fully saturated rings. The summed E-state index contributed by atoms with van der Waals surface area (Å²) in [5.41, 5.74) is 18.5. The molecule has 0 bridgehead atoms. The summed E-state index contributed by atoms with van der Waals surface area (Å²) in [6.07, 6.45) is 0. The molecular weight excluding hydrogens is 725 g/mol. The number of hydrogen-bond acceptors (Lipinski definition) is 0. The molecule has 59 heavy (non-hydrogen) atoms. The van der Waals surface area contributed by atoms with Crippen molar-refractivity contribution in [3.8, 4) is 22.3 Å². The van der Waals surface area contributed by atoms with Crippen LogP contribution in [0.1, 0.15) is 72.2 Å². The smallest absolute Gasteiger partial charge is 0.0623 e. The zero-order valence-electron chi connectivity index (χ0n) is 34.1. The number of allylic oxidation sites excluding steroid dienone is 2. The van der Waals surface area contributed by atoms with Crippen molar-refractivity contribution >= 4 is 40.0 Å². The molecule has 2 aliphatic carbocycles. The molecule has 0 saturated heterocycles. The van der Waals surface area contributed by atoms with Gasteiger partial charge in [0, 0.05) is 10.8 Å². The van der Waals surface area contributed by atoms with Gasteiger partial charge >= 0.3 is 0 Å². The number of hydrogen-bond donors (Lipinski definition) is 0. The molecule has 0 atom stereocenters. The first kappa shape index (κ1) is 35.6. The lowest BCUT2D eigenvalue weighted by Crippen LogP contribution is -2.59. The van der Waals surface area contributed by atoms with Crippen molar-refractivity contribution < 1.29 is 0 Å². The molecule has 0 unspecified atom stereocenters. The van der Waals surface area contributed by atoms with Gasteiger partial charge in [-0.25, -0.2) is 0 Å². The Morgan fingerprint density at radius 3 is 1.00 bits per heavy atom. The van der Waals surface area contributed by atoms with Crippen LogP contribution in [-0.4, -0.2) is 8.07 Å². The Morgan fingerprint density at radius 1 is 0.288 bits per heavy atom. The molecule has 3 aliphatic rings. The fourth-order valence-electron chi connectivity index (χ4n) is 11.1. The summed E-state index contributed by atoms with van der Waals surface area (Å²) in [7, 11) is -3.18. The van der Waals surface area contributed by atoms with Crippen LogP contribution in [0.15, 0.2) is 206 Å². The van der Waals surface area contributed by atoms with Gasteiger partial charge in [-0.1, -0.05) is 234 Å².